The predicted octanol–water partition coefficient (Wildman–Crippen LogP) is 6.24. The predicted molar refractivity (Wildman–Crippen MR) is 136 cm³/mol. The fourth-order valence-electron chi connectivity index (χ4n) is 5.01. The highest BCUT2D eigenvalue weighted by Crippen LogP contribution is 2.38. The average molecular weight is 458 g/mol. The zero-order valence-electron chi connectivity index (χ0n) is 19.8. The summed E-state index contributed by atoms with van der Waals surface area (Å²) < 4.78 is 11.1. The standard InChI is InChI=1S/C28H31N3O3/c1-33-19-14-15-21(25(16-19)34-2)26-27-22(20-12-8-9-13-23(20)30-27)17-24(31-26)28(32)29-18-10-6-4-3-5-7-11-18/h8-9,12-18,30H,3-7,10-11H2,1-2H3,(H,29,32). The van der Waals surface area contributed by atoms with Crippen LogP contribution in [0, 0.1) is 0 Å². The number of para-hydroxylation sites is 1. The van der Waals surface area contributed by atoms with Crippen LogP contribution in [0.2, 0.25) is 0 Å². The number of rotatable bonds is 5. The maximum atomic E-state index is 13.4. The number of pyridine rings is 1. The van der Waals surface area contributed by atoms with Gasteiger partial charge in [0.05, 0.1) is 25.4 Å². The summed E-state index contributed by atoms with van der Waals surface area (Å²) in [6.07, 6.45) is 8.16. The van der Waals surface area contributed by atoms with Crippen LogP contribution in [0.25, 0.3) is 33.1 Å². The summed E-state index contributed by atoms with van der Waals surface area (Å²) >= 11 is 0. The minimum absolute atomic E-state index is 0.119. The third-order valence-corrected chi connectivity index (χ3v) is 6.83. The molecule has 6 heteroatoms. The summed E-state index contributed by atoms with van der Waals surface area (Å²) in [5.74, 6) is 1.22. The van der Waals surface area contributed by atoms with Crippen molar-refractivity contribution >= 4 is 27.7 Å². The fraction of sp³-hybridized carbons (Fsp3) is 0.357. The Morgan fingerprint density at radius 1 is 0.941 bits per heavy atom. The quantitative estimate of drug-likeness (QED) is 0.372. The fourth-order valence-corrected chi connectivity index (χ4v) is 5.01. The number of amides is 1. The Morgan fingerprint density at radius 3 is 2.47 bits per heavy atom. The van der Waals surface area contributed by atoms with Gasteiger partial charge in [0.2, 0.25) is 0 Å². The van der Waals surface area contributed by atoms with Gasteiger partial charge in [0.15, 0.2) is 0 Å². The second-order valence-electron chi connectivity index (χ2n) is 9.03. The van der Waals surface area contributed by atoms with Gasteiger partial charge in [-0.3, -0.25) is 4.79 Å². The molecule has 6 nitrogen and oxygen atoms in total. The van der Waals surface area contributed by atoms with Gasteiger partial charge >= 0.3 is 0 Å². The van der Waals surface area contributed by atoms with Gasteiger partial charge in [0, 0.05) is 34.0 Å². The van der Waals surface area contributed by atoms with E-state index in [1.807, 2.05) is 42.5 Å². The highest BCUT2D eigenvalue weighted by molar-refractivity contribution is 6.13. The first-order valence-electron chi connectivity index (χ1n) is 12.1. The normalized spacial score (nSPS) is 15.1. The Morgan fingerprint density at radius 2 is 1.71 bits per heavy atom. The molecule has 1 aliphatic carbocycles. The monoisotopic (exact) mass is 457 g/mol. The molecule has 176 valence electrons. The minimum Gasteiger partial charge on any atom is -0.497 e. The molecular formula is C28H31N3O3. The van der Waals surface area contributed by atoms with Crippen LogP contribution in [0.4, 0.5) is 0 Å². The van der Waals surface area contributed by atoms with E-state index in [9.17, 15) is 4.79 Å². The number of carbonyl (C=O) groups is 1. The van der Waals surface area contributed by atoms with Crippen LogP contribution in [-0.4, -0.2) is 36.1 Å². The lowest BCUT2D eigenvalue weighted by Crippen LogP contribution is -2.35. The molecule has 2 aromatic heterocycles. The number of nitrogens with zero attached hydrogens (tertiary/aromatic N) is 1. The van der Waals surface area contributed by atoms with Gasteiger partial charge in [-0.15, -0.1) is 0 Å². The average Bonchev–Trinajstić information content (AvgIpc) is 3.23. The molecular weight excluding hydrogens is 426 g/mol. The second-order valence-corrected chi connectivity index (χ2v) is 9.03. The first kappa shape index (κ1) is 22.3. The number of aromatic nitrogens is 2. The summed E-state index contributed by atoms with van der Waals surface area (Å²) in [6, 6.07) is 15.9. The SMILES string of the molecule is COc1ccc(-c2nc(C(=O)NC3CCCCCCC3)cc3c2[nH]c2ccccc23)c(OC)c1. The van der Waals surface area contributed by atoms with Crippen LogP contribution in [-0.2, 0) is 0 Å². The molecule has 34 heavy (non-hydrogen) atoms. The topological polar surface area (TPSA) is 76.2 Å². The van der Waals surface area contributed by atoms with Crippen LogP contribution in [0.15, 0.2) is 48.5 Å². The molecule has 0 aliphatic heterocycles. The van der Waals surface area contributed by atoms with E-state index in [1.165, 1.54) is 19.3 Å². The molecule has 5 rings (SSSR count). The number of fused-ring (bicyclic) bond motifs is 3. The number of aromatic amines is 1. The Bertz CT molecular complexity index is 1320. The van der Waals surface area contributed by atoms with Crippen LogP contribution in [0.3, 0.4) is 0 Å². The molecule has 2 N–H and O–H groups in total. The third-order valence-electron chi connectivity index (χ3n) is 6.83. The highest BCUT2D eigenvalue weighted by atomic mass is 16.5. The van der Waals surface area contributed by atoms with Crippen molar-refractivity contribution in [2.75, 3.05) is 14.2 Å². The summed E-state index contributed by atoms with van der Waals surface area (Å²) in [4.78, 5) is 21.8. The zero-order chi connectivity index (χ0) is 23.5. The van der Waals surface area contributed by atoms with E-state index < -0.39 is 0 Å². The summed E-state index contributed by atoms with van der Waals surface area (Å²) in [6.45, 7) is 0. The number of ether oxygens (including phenoxy) is 2. The number of nitrogens with one attached hydrogen (secondary N) is 2. The Hall–Kier alpha value is -3.54. The van der Waals surface area contributed by atoms with Gasteiger partial charge in [0.25, 0.3) is 5.91 Å². The van der Waals surface area contributed by atoms with E-state index in [0.717, 1.165) is 53.1 Å². The summed E-state index contributed by atoms with van der Waals surface area (Å²) in [7, 11) is 3.26. The summed E-state index contributed by atoms with van der Waals surface area (Å²) in [5.41, 5.74) is 3.81. The van der Waals surface area contributed by atoms with Gasteiger partial charge in [-0.05, 0) is 37.1 Å². The van der Waals surface area contributed by atoms with E-state index in [-0.39, 0.29) is 11.9 Å². The van der Waals surface area contributed by atoms with Crippen molar-refractivity contribution in [3.63, 3.8) is 0 Å². The lowest BCUT2D eigenvalue weighted by Gasteiger charge is -2.21. The molecule has 1 saturated carbocycles. The van der Waals surface area contributed by atoms with Crippen molar-refractivity contribution in [3.8, 4) is 22.8 Å². The molecule has 0 unspecified atom stereocenters. The Kier molecular flexibility index (Phi) is 6.39. The van der Waals surface area contributed by atoms with Gasteiger partial charge < -0.3 is 19.8 Å². The van der Waals surface area contributed by atoms with Crippen molar-refractivity contribution < 1.29 is 14.3 Å². The van der Waals surface area contributed by atoms with E-state index in [1.54, 1.807) is 14.2 Å². The number of hydrogen-bond acceptors (Lipinski definition) is 4. The molecule has 1 amide bonds. The van der Waals surface area contributed by atoms with Crippen molar-refractivity contribution in [1.82, 2.24) is 15.3 Å². The van der Waals surface area contributed by atoms with Crippen molar-refractivity contribution in [2.45, 2.75) is 51.0 Å². The molecule has 0 spiro atoms. The molecule has 2 aromatic carbocycles. The molecule has 0 saturated heterocycles. The van der Waals surface area contributed by atoms with Gasteiger partial charge in [0.1, 0.15) is 17.2 Å². The van der Waals surface area contributed by atoms with Crippen LogP contribution in [0.5, 0.6) is 11.5 Å². The van der Waals surface area contributed by atoms with Crippen LogP contribution < -0.4 is 14.8 Å². The van der Waals surface area contributed by atoms with Crippen molar-refractivity contribution in [1.29, 1.82) is 0 Å². The number of H-pyrrole nitrogens is 1. The number of carbonyl (C=O) groups excluding carboxylic acids is 1. The van der Waals surface area contributed by atoms with Gasteiger partial charge in [-0.25, -0.2) is 4.98 Å². The molecule has 0 radical (unpaired) electrons. The van der Waals surface area contributed by atoms with Crippen LogP contribution >= 0.6 is 0 Å². The molecule has 1 fully saturated rings. The van der Waals surface area contributed by atoms with Crippen molar-refractivity contribution in [2.24, 2.45) is 0 Å². The van der Waals surface area contributed by atoms with E-state index in [4.69, 9.17) is 14.5 Å². The minimum atomic E-state index is -0.119. The maximum Gasteiger partial charge on any atom is 0.270 e. The lowest BCUT2D eigenvalue weighted by molar-refractivity contribution is 0.0925. The lowest BCUT2D eigenvalue weighted by atomic mass is 9.96. The molecule has 0 atom stereocenters. The molecule has 0 bridgehead atoms. The number of hydrogen-bond donors (Lipinski definition) is 2. The van der Waals surface area contributed by atoms with Crippen molar-refractivity contribution in [3.05, 3.63) is 54.2 Å². The first-order valence-corrected chi connectivity index (χ1v) is 12.1. The summed E-state index contributed by atoms with van der Waals surface area (Å²) in [5, 5.41) is 5.31. The highest BCUT2D eigenvalue weighted by Gasteiger charge is 2.21. The molecule has 2 heterocycles. The van der Waals surface area contributed by atoms with Gasteiger partial charge in [-0.2, -0.15) is 0 Å². The maximum absolute atomic E-state index is 13.4. The number of benzene rings is 2. The Balaban J connectivity index is 1.62. The molecule has 4 aromatic rings. The smallest absolute Gasteiger partial charge is 0.270 e. The molecule has 1 aliphatic rings. The van der Waals surface area contributed by atoms with E-state index in [0.29, 0.717) is 22.9 Å². The largest absolute Gasteiger partial charge is 0.497 e. The van der Waals surface area contributed by atoms with Gasteiger partial charge in [-0.1, -0.05) is 50.3 Å². The zero-order valence-corrected chi connectivity index (χ0v) is 19.8. The number of methoxy groups -OCH3 is 2. The first-order chi connectivity index (χ1) is 16.7. The van der Waals surface area contributed by atoms with E-state index in [2.05, 4.69) is 16.4 Å². The third kappa shape index (κ3) is 4.32. The van der Waals surface area contributed by atoms with Crippen LogP contribution in [0.1, 0.15) is 55.4 Å². The second kappa shape index (κ2) is 9.75. The Labute approximate surface area is 199 Å². The van der Waals surface area contributed by atoms with E-state index >= 15 is 0 Å².